The average Bonchev–Trinajstić information content (AvgIpc) is 2.61. The SMILES string of the molecule is C/C=C/C=C/C(=O)N1CCN([C@H](C)C(=O)N2CCOCC2)CC1. The normalized spacial score (nSPS) is 22.0. The molecule has 0 saturated carbocycles. The summed E-state index contributed by atoms with van der Waals surface area (Å²) in [5.74, 6) is 0.205. The summed E-state index contributed by atoms with van der Waals surface area (Å²) in [7, 11) is 0. The van der Waals surface area contributed by atoms with E-state index in [1.165, 1.54) is 0 Å². The maximum Gasteiger partial charge on any atom is 0.246 e. The van der Waals surface area contributed by atoms with Gasteiger partial charge in [0.2, 0.25) is 11.8 Å². The maximum atomic E-state index is 12.5. The van der Waals surface area contributed by atoms with Crippen molar-refractivity contribution in [2.45, 2.75) is 19.9 Å². The quantitative estimate of drug-likeness (QED) is 0.559. The Hall–Kier alpha value is -1.66. The molecule has 128 valence electrons. The first kappa shape index (κ1) is 17.7. The Balaban J connectivity index is 1.81. The van der Waals surface area contributed by atoms with Gasteiger partial charge in [-0.25, -0.2) is 0 Å². The van der Waals surface area contributed by atoms with Gasteiger partial charge in [-0.1, -0.05) is 18.2 Å². The van der Waals surface area contributed by atoms with Gasteiger partial charge < -0.3 is 14.5 Å². The lowest BCUT2D eigenvalue weighted by Gasteiger charge is -2.39. The van der Waals surface area contributed by atoms with Crippen LogP contribution in [-0.4, -0.2) is 85.0 Å². The van der Waals surface area contributed by atoms with E-state index in [0.29, 0.717) is 39.4 Å². The highest BCUT2D eigenvalue weighted by atomic mass is 16.5. The zero-order valence-electron chi connectivity index (χ0n) is 14.1. The van der Waals surface area contributed by atoms with Crippen LogP contribution in [0.25, 0.3) is 0 Å². The van der Waals surface area contributed by atoms with Crippen LogP contribution in [0.3, 0.4) is 0 Å². The van der Waals surface area contributed by atoms with Crippen molar-refractivity contribution in [1.29, 1.82) is 0 Å². The molecule has 0 aromatic rings. The van der Waals surface area contributed by atoms with Gasteiger partial charge in [-0.3, -0.25) is 14.5 Å². The average molecular weight is 321 g/mol. The van der Waals surface area contributed by atoms with Gasteiger partial charge in [-0.2, -0.15) is 0 Å². The molecule has 0 aliphatic carbocycles. The van der Waals surface area contributed by atoms with Crippen molar-refractivity contribution in [3.63, 3.8) is 0 Å². The van der Waals surface area contributed by atoms with Gasteiger partial charge in [-0.05, 0) is 13.8 Å². The predicted octanol–water partition coefficient (Wildman–Crippen LogP) is 0.510. The number of carbonyl (C=O) groups excluding carboxylic acids is 2. The van der Waals surface area contributed by atoms with Crippen molar-refractivity contribution in [2.75, 3.05) is 52.5 Å². The predicted molar refractivity (Wildman–Crippen MR) is 89.0 cm³/mol. The molecule has 2 aliphatic rings. The molecule has 6 heteroatoms. The Kier molecular flexibility index (Phi) is 6.80. The Morgan fingerprint density at radius 2 is 1.61 bits per heavy atom. The summed E-state index contributed by atoms with van der Waals surface area (Å²) >= 11 is 0. The number of rotatable bonds is 4. The van der Waals surface area contributed by atoms with E-state index in [0.717, 1.165) is 13.1 Å². The highest BCUT2D eigenvalue weighted by Gasteiger charge is 2.30. The van der Waals surface area contributed by atoms with Crippen LogP contribution in [0.5, 0.6) is 0 Å². The van der Waals surface area contributed by atoms with Crippen LogP contribution in [0.2, 0.25) is 0 Å². The topological polar surface area (TPSA) is 53.1 Å². The molecular formula is C17H27N3O3. The highest BCUT2D eigenvalue weighted by Crippen LogP contribution is 2.11. The molecule has 0 N–H and O–H groups in total. The number of allylic oxidation sites excluding steroid dienone is 3. The van der Waals surface area contributed by atoms with Crippen LogP contribution < -0.4 is 0 Å². The maximum absolute atomic E-state index is 12.5. The molecule has 1 atom stereocenters. The number of piperazine rings is 1. The summed E-state index contributed by atoms with van der Waals surface area (Å²) in [5, 5.41) is 0. The summed E-state index contributed by atoms with van der Waals surface area (Å²) in [6.07, 6.45) is 7.09. The van der Waals surface area contributed by atoms with E-state index in [-0.39, 0.29) is 17.9 Å². The minimum Gasteiger partial charge on any atom is -0.378 e. The molecule has 2 amide bonds. The molecule has 2 aliphatic heterocycles. The summed E-state index contributed by atoms with van der Waals surface area (Å²) in [4.78, 5) is 30.4. The number of amides is 2. The van der Waals surface area contributed by atoms with E-state index in [9.17, 15) is 9.59 Å². The lowest BCUT2D eigenvalue weighted by atomic mass is 10.2. The summed E-state index contributed by atoms with van der Waals surface area (Å²) < 4.78 is 5.29. The van der Waals surface area contributed by atoms with Crippen molar-refractivity contribution in [3.8, 4) is 0 Å². The van der Waals surface area contributed by atoms with Crippen LogP contribution >= 0.6 is 0 Å². The molecule has 2 fully saturated rings. The molecular weight excluding hydrogens is 294 g/mol. The first-order chi connectivity index (χ1) is 11.1. The Morgan fingerprint density at radius 3 is 2.22 bits per heavy atom. The van der Waals surface area contributed by atoms with Gasteiger partial charge in [0.25, 0.3) is 0 Å². The van der Waals surface area contributed by atoms with Gasteiger partial charge in [0.1, 0.15) is 0 Å². The number of nitrogens with zero attached hydrogens (tertiary/aromatic N) is 3. The lowest BCUT2D eigenvalue weighted by molar-refractivity contribution is -0.141. The molecule has 6 nitrogen and oxygen atoms in total. The van der Waals surface area contributed by atoms with E-state index in [4.69, 9.17) is 4.74 Å². The molecule has 23 heavy (non-hydrogen) atoms. The standard InChI is InChI=1S/C17H27N3O3/c1-3-4-5-6-16(21)19-9-7-18(8-10-19)15(2)17(22)20-11-13-23-14-12-20/h3-6,15H,7-14H2,1-2H3/b4-3+,6-5+/t15-/m1/s1. The van der Waals surface area contributed by atoms with Gasteiger partial charge in [-0.15, -0.1) is 0 Å². The van der Waals surface area contributed by atoms with Crippen LogP contribution in [0.4, 0.5) is 0 Å². The molecule has 0 bridgehead atoms. The van der Waals surface area contributed by atoms with E-state index >= 15 is 0 Å². The molecule has 0 unspecified atom stereocenters. The second kappa shape index (κ2) is 8.84. The Bertz CT molecular complexity index is 462. The molecule has 2 saturated heterocycles. The van der Waals surface area contributed by atoms with E-state index in [1.54, 1.807) is 12.2 Å². The number of hydrogen-bond donors (Lipinski definition) is 0. The first-order valence-corrected chi connectivity index (χ1v) is 8.32. The van der Waals surface area contributed by atoms with Crippen LogP contribution in [0.1, 0.15) is 13.8 Å². The Morgan fingerprint density at radius 1 is 0.957 bits per heavy atom. The molecule has 2 rings (SSSR count). The van der Waals surface area contributed by atoms with E-state index in [2.05, 4.69) is 4.90 Å². The third-order valence-corrected chi connectivity index (χ3v) is 4.40. The Labute approximate surface area is 138 Å². The second-order valence-corrected chi connectivity index (χ2v) is 5.86. The van der Waals surface area contributed by atoms with Crippen molar-refractivity contribution in [1.82, 2.24) is 14.7 Å². The molecule has 0 aromatic heterocycles. The number of carbonyl (C=O) groups is 2. The summed E-state index contributed by atoms with van der Waals surface area (Å²) in [6, 6.07) is -0.135. The molecule has 0 radical (unpaired) electrons. The van der Waals surface area contributed by atoms with E-state index in [1.807, 2.05) is 35.8 Å². The zero-order valence-corrected chi connectivity index (χ0v) is 14.1. The molecule has 0 aromatic carbocycles. The summed E-state index contributed by atoms with van der Waals surface area (Å²) in [6.45, 7) is 9.29. The third-order valence-electron chi connectivity index (χ3n) is 4.40. The van der Waals surface area contributed by atoms with Crippen molar-refractivity contribution >= 4 is 11.8 Å². The first-order valence-electron chi connectivity index (χ1n) is 8.32. The largest absolute Gasteiger partial charge is 0.378 e. The van der Waals surface area contributed by atoms with Crippen LogP contribution in [0, 0.1) is 0 Å². The minimum atomic E-state index is -0.135. The summed E-state index contributed by atoms with van der Waals surface area (Å²) in [5.41, 5.74) is 0. The fourth-order valence-corrected chi connectivity index (χ4v) is 2.89. The van der Waals surface area contributed by atoms with Gasteiger partial charge in [0, 0.05) is 45.3 Å². The van der Waals surface area contributed by atoms with Crippen molar-refractivity contribution in [2.24, 2.45) is 0 Å². The van der Waals surface area contributed by atoms with Gasteiger partial charge in [0.05, 0.1) is 19.3 Å². The fourth-order valence-electron chi connectivity index (χ4n) is 2.89. The zero-order chi connectivity index (χ0) is 16.7. The smallest absolute Gasteiger partial charge is 0.246 e. The molecule has 2 heterocycles. The number of hydrogen-bond acceptors (Lipinski definition) is 4. The third kappa shape index (κ3) is 4.91. The van der Waals surface area contributed by atoms with Crippen LogP contribution in [-0.2, 0) is 14.3 Å². The van der Waals surface area contributed by atoms with Gasteiger partial charge >= 0.3 is 0 Å². The van der Waals surface area contributed by atoms with Crippen molar-refractivity contribution < 1.29 is 14.3 Å². The van der Waals surface area contributed by atoms with Crippen LogP contribution in [0.15, 0.2) is 24.3 Å². The number of ether oxygens (including phenoxy) is 1. The van der Waals surface area contributed by atoms with E-state index < -0.39 is 0 Å². The minimum absolute atomic E-state index is 0.0370. The van der Waals surface area contributed by atoms with Gasteiger partial charge in [0.15, 0.2) is 0 Å². The van der Waals surface area contributed by atoms with Crippen molar-refractivity contribution in [3.05, 3.63) is 24.3 Å². The second-order valence-electron chi connectivity index (χ2n) is 5.86. The monoisotopic (exact) mass is 321 g/mol. The number of morpholine rings is 1. The fraction of sp³-hybridized carbons (Fsp3) is 0.647. The lowest BCUT2D eigenvalue weighted by Crippen LogP contribution is -2.56. The highest BCUT2D eigenvalue weighted by molar-refractivity contribution is 5.88. The molecule has 0 spiro atoms.